The number of aryl methyl sites for hydroxylation is 2. The van der Waals surface area contributed by atoms with Crippen LogP contribution in [-0.2, 0) is 6.54 Å². The average molecular weight is 374 g/mol. The number of hydrogen-bond acceptors (Lipinski definition) is 3. The number of aromatic nitrogens is 4. The fraction of sp³-hybridized carbons (Fsp3) is 0.190. The largest absolute Gasteiger partial charge is 0.338 e. The van der Waals surface area contributed by atoms with Crippen molar-refractivity contribution in [2.24, 2.45) is 0 Å². The van der Waals surface area contributed by atoms with E-state index in [1.807, 2.05) is 35.0 Å². The molecule has 2 heterocycles. The van der Waals surface area contributed by atoms with E-state index in [4.69, 9.17) is 0 Å². The number of nitrogens with one attached hydrogen (secondary N) is 3. The molecule has 0 fully saturated rings. The highest BCUT2D eigenvalue weighted by Crippen LogP contribution is 2.27. The van der Waals surface area contributed by atoms with Crippen molar-refractivity contribution in [1.82, 2.24) is 25.1 Å². The molecular formula is C21H22N6O. The molecule has 0 unspecified atom stereocenters. The summed E-state index contributed by atoms with van der Waals surface area (Å²) in [4.78, 5) is 16.1. The molecule has 2 aromatic heterocycles. The quantitative estimate of drug-likeness (QED) is 0.447. The van der Waals surface area contributed by atoms with Crippen molar-refractivity contribution in [2.75, 3.05) is 11.9 Å². The maximum Gasteiger partial charge on any atom is 0.320 e. The highest BCUT2D eigenvalue weighted by atomic mass is 16.2. The minimum atomic E-state index is -0.262. The van der Waals surface area contributed by atoms with Gasteiger partial charge < -0.3 is 9.88 Å². The molecule has 28 heavy (non-hydrogen) atoms. The number of H-pyrrole nitrogens is 1. The van der Waals surface area contributed by atoms with E-state index in [0.29, 0.717) is 12.4 Å². The zero-order valence-corrected chi connectivity index (χ0v) is 15.6. The lowest BCUT2D eigenvalue weighted by Gasteiger charge is -2.07. The van der Waals surface area contributed by atoms with Crippen LogP contribution < -0.4 is 10.6 Å². The van der Waals surface area contributed by atoms with Crippen molar-refractivity contribution in [2.45, 2.75) is 19.9 Å². The van der Waals surface area contributed by atoms with Gasteiger partial charge in [0.2, 0.25) is 0 Å². The van der Waals surface area contributed by atoms with Gasteiger partial charge in [-0.25, -0.2) is 9.78 Å². The molecule has 3 N–H and O–H groups in total. The molecule has 4 aromatic rings. The first-order chi connectivity index (χ1) is 13.7. The van der Waals surface area contributed by atoms with Crippen LogP contribution in [0.4, 0.5) is 10.6 Å². The highest BCUT2D eigenvalue weighted by molar-refractivity contribution is 6.00. The van der Waals surface area contributed by atoms with E-state index in [2.05, 4.69) is 50.9 Å². The molecule has 4 rings (SSSR count). The van der Waals surface area contributed by atoms with Crippen molar-refractivity contribution in [3.8, 4) is 11.1 Å². The number of hydrogen-bond donors (Lipinski definition) is 3. The standard InChI is InChI=1S/C21H22N6O/c1-15-4-2-5-16(12-15)17-6-7-18-19(13-17)25-26-20(18)24-21(28)23-8-3-10-27-11-9-22-14-27/h2,4-7,9,11-14H,3,8,10H2,1H3,(H3,23,24,25,26,28). The second kappa shape index (κ2) is 7.96. The summed E-state index contributed by atoms with van der Waals surface area (Å²) in [5, 5.41) is 13.8. The molecule has 142 valence electrons. The van der Waals surface area contributed by atoms with Crippen LogP contribution in [-0.4, -0.2) is 32.3 Å². The lowest BCUT2D eigenvalue weighted by Crippen LogP contribution is -2.30. The zero-order chi connectivity index (χ0) is 19.3. The van der Waals surface area contributed by atoms with Gasteiger partial charge in [0.25, 0.3) is 0 Å². The SMILES string of the molecule is Cc1cccc(-c2ccc3c(NC(=O)NCCCn4ccnc4)n[nH]c3c2)c1. The Kier molecular flexibility index (Phi) is 5.05. The summed E-state index contributed by atoms with van der Waals surface area (Å²) >= 11 is 0. The second-order valence-electron chi connectivity index (χ2n) is 6.74. The molecule has 0 aliphatic rings. The Bertz CT molecular complexity index is 1080. The lowest BCUT2D eigenvalue weighted by atomic mass is 10.0. The number of imidazole rings is 1. The van der Waals surface area contributed by atoms with Crippen LogP contribution in [0.15, 0.2) is 61.2 Å². The minimum absolute atomic E-state index is 0.262. The maximum absolute atomic E-state index is 12.1. The van der Waals surface area contributed by atoms with Gasteiger partial charge in [0, 0.05) is 30.9 Å². The summed E-state index contributed by atoms with van der Waals surface area (Å²) in [5.41, 5.74) is 4.36. The van der Waals surface area contributed by atoms with E-state index >= 15 is 0 Å². The van der Waals surface area contributed by atoms with Crippen LogP contribution in [0.5, 0.6) is 0 Å². The number of nitrogens with zero attached hydrogens (tertiary/aromatic N) is 3. The Morgan fingerprint density at radius 1 is 1.18 bits per heavy atom. The Morgan fingerprint density at radius 3 is 2.89 bits per heavy atom. The molecule has 0 aliphatic heterocycles. The maximum atomic E-state index is 12.1. The van der Waals surface area contributed by atoms with Gasteiger partial charge in [-0.3, -0.25) is 10.4 Å². The summed E-state index contributed by atoms with van der Waals surface area (Å²) in [5.74, 6) is 0.526. The predicted molar refractivity (Wildman–Crippen MR) is 110 cm³/mol. The van der Waals surface area contributed by atoms with Crippen LogP contribution in [0.1, 0.15) is 12.0 Å². The molecule has 0 radical (unpaired) electrons. The smallest absolute Gasteiger partial charge is 0.320 e. The topological polar surface area (TPSA) is 87.6 Å². The molecule has 0 atom stereocenters. The molecular weight excluding hydrogens is 352 g/mol. The van der Waals surface area contributed by atoms with Gasteiger partial charge in [0.15, 0.2) is 5.82 Å². The van der Waals surface area contributed by atoms with E-state index in [1.165, 1.54) is 5.56 Å². The summed E-state index contributed by atoms with van der Waals surface area (Å²) < 4.78 is 1.98. The highest BCUT2D eigenvalue weighted by Gasteiger charge is 2.10. The Labute approximate surface area is 162 Å². The normalized spacial score (nSPS) is 10.9. The van der Waals surface area contributed by atoms with Gasteiger partial charge in [-0.1, -0.05) is 35.9 Å². The molecule has 0 saturated carbocycles. The molecule has 0 aliphatic carbocycles. The first-order valence-corrected chi connectivity index (χ1v) is 9.25. The molecule has 2 aromatic carbocycles. The van der Waals surface area contributed by atoms with E-state index < -0.39 is 0 Å². The van der Waals surface area contributed by atoms with Gasteiger partial charge in [-0.05, 0) is 36.6 Å². The molecule has 7 nitrogen and oxygen atoms in total. The first-order valence-electron chi connectivity index (χ1n) is 9.25. The van der Waals surface area contributed by atoms with Gasteiger partial charge >= 0.3 is 6.03 Å². The molecule has 0 bridgehead atoms. The Morgan fingerprint density at radius 2 is 2.07 bits per heavy atom. The third-order valence-electron chi connectivity index (χ3n) is 4.58. The van der Waals surface area contributed by atoms with Crippen LogP contribution in [0.3, 0.4) is 0 Å². The third-order valence-corrected chi connectivity index (χ3v) is 4.58. The van der Waals surface area contributed by atoms with Gasteiger partial charge in [0.1, 0.15) is 0 Å². The van der Waals surface area contributed by atoms with Gasteiger partial charge in [-0.15, -0.1) is 0 Å². The van der Waals surface area contributed by atoms with Gasteiger partial charge in [0.05, 0.1) is 11.8 Å². The van der Waals surface area contributed by atoms with Crippen LogP contribution in [0, 0.1) is 6.92 Å². The monoisotopic (exact) mass is 374 g/mol. The zero-order valence-electron chi connectivity index (χ0n) is 15.6. The molecule has 0 spiro atoms. The van der Waals surface area contributed by atoms with E-state index in [-0.39, 0.29) is 6.03 Å². The van der Waals surface area contributed by atoms with Crippen molar-refractivity contribution in [3.63, 3.8) is 0 Å². The predicted octanol–water partition coefficient (Wildman–Crippen LogP) is 3.95. The number of carbonyl (C=O) groups is 1. The van der Waals surface area contributed by atoms with Gasteiger partial charge in [-0.2, -0.15) is 5.10 Å². The lowest BCUT2D eigenvalue weighted by molar-refractivity contribution is 0.251. The molecule has 7 heteroatoms. The summed E-state index contributed by atoms with van der Waals surface area (Å²) in [6, 6.07) is 14.2. The van der Waals surface area contributed by atoms with Crippen molar-refractivity contribution >= 4 is 22.8 Å². The number of carbonyl (C=O) groups excluding carboxylic acids is 1. The van der Waals surface area contributed by atoms with Crippen LogP contribution >= 0.6 is 0 Å². The number of fused-ring (bicyclic) bond motifs is 1. The Hall–Kier alpha value is -3.61. The van der Waals surface area contributed by atoms with E-state index in [1.54, 1.807) is 12.5 Å². The summed E-state index contributed by atoms with van der Waals surface area (Å²) in [6.45, 7) is 3.46. The average Bonchev–Trinajstić information content (AvgIpc) is 3.35. The number of benzene rings is 2. The van der Waals surface area contributed by atoms with Crippen LogP contribution in [0.2, 0.25) is 0 Å². The Balaban J connectivity index is 1.38. The number of urea groups is 1. The van der Waals surface area contributed by atoms with Crippen molar-refractivity contribution in [1.29, 1.82) is 0 Å². The third kappa shape index (κ3) is 4.03. The van der Waals surface area contributed by atoms with E-state index in [0.717, 1.165) is 35.0 Å². The van der Waals surface area contributed by atoms with Crippen LogP contribution in [0.25, 0.3) is 22.0 Å². The molecule has 2 amide bonds. The molecule has 0 saturated heterocycles. The second-order valence-corrected chi connectivity index (χ2v) is 6.74. The number of anilines is 1. The van der Waals surface area contributed by atoms with Crippen molar-refractivity contribution in [3.05, 3.63) is 66.7 Å². The summed E-state index contributed by atoms with van der Waals surface area (Å²) in [7, 11) is 0. The van der Waals surface area contributed by atoms with Crippen molar-refractivity contribution < 1.29 is 4.79 Å². The number of aromatic amines is 1. The number of amides is 2. The fourth-order valence-corrected chi connectivity index (χ4v) is 3.15. The fourth-order valence-electron chi connectivity index (χ4n) is 3.15. The number of rotatable bonds is 6. The van der Waals surface area contributed by atoms with E-state index in [9.17, 15) is 4.79 Å². The summed E-state index contributed by atoms with van der Waals surface area (Å²) in [6.07, 6.45) is 6.24. The minimum Gasteiger partial charge on any atom is -0.338 e. The first kappa shape index (κ1) is 17.8.